The van der Waals surface area contributed by atoms with E-state index in [0.29, 0.717) is 17.0 Å². The first kappa shape index (κ1) is 24.7. The Labute approximate surface area is 215 Å². The van der Waals surface area contributed by atoms with Crippen molar-refractivity contribution in [3.05, 3.63) is 86.4 Å². The third-order valence-corrected chi connectivity index (χ3v) is 6.42. The molecule has 180 valence electrons. The van der Waals surface area contributed by atoms with Crippen LogP contribution in [-0.4, -0.2) is 36.1 Å². The fraction of sp³-hybridized carbons (Fsp3) is 0.120. The van der Waals surface area contributed by atoms with Crippen LogP contribution >= 0.6 is 34.8 Å². The molecule has 3 aromatic rings. The summed E-state index contributed by atoms with van der Waals surface area (Å²) in [6.07, 6.45) is 0. The lowest BCUT2D eigenvalue weighted by molar-refractivity contribution is -0.132. The van der Waals surface area contributed by atoms with Crippen LogP contribution in [0.3, 0.4) is 0 Å². The van der Waals surface area contributed by atoms with Gasteiger partial charge in [0.15, 0.2) is 5.75 Å². The molecule has 1 aliphatic heterocycles. The molecule has 1 saturated heterocycles. The van der Waals surface area contributed by atoms with Gasteiger partial charge in [0.1, 0.15) is 17.3 Å². The number of Topliss-reactive ketones (excluding diaryl/α,β-unsaturated/α-hetero) is 1. The predicted molar refractivity (Wildman–Crippen MR) is 134 cm³/mol. The van der Waals surface area contributed by atoms with Gasteiger partial charge in [-0.15, -0.1) is 0 Å². The van der Waals surface area contributed by atoms with Crippen molar-refractivity contribution in [2.75, 3.05) is 19.1 Å². The number of ether oxygens (including phenoxy) is 2. The number of carbonyl (C=O) groups excluding carboxylic acids is 2. The fourth-order valence-corrected chi connectivity index (χ4v) is 4.73. The zero-order chi connectivity index (χ0) is 25.4. The molecule has 2 N–H and O–H groups in total. The van der Waals surface area contributed by atoms with Crippen LogP contribution in [0.4, 0.5) is 5.69 Å². The Morgan fingerprint density at radius 2 is 1.51 bits per heavy atom. The number of rotatable bonds is 5. The van der Waals surface area contributed by atoms with E-state index in [0.717, 1.165) is 0 Å². The van der Waals surface area contributed by atoms with Gasteiger partial charge in [-0.1, -0.05) is 40.9 Å². The number of aliphatic hydroxyl groups is 1. The van der Waals surface area contributed by atoms with Crippen LogP contribution < -0.4 is 14.4 Å². The average molecular weight is 535 g/mol. The maximum atomic E-state index is 13.2. The van der Waals surface area contributed by atoms with Crippen molar-refractivity contribution in [2.24, 2.45) is 0 Å². The van der Waals surface area contributed by atoms with E-state index in [1.54, 1.807) is 24.3 Å². The second kappa shape index (κ2) is 9.70. The van der Waals surface area contributed by atoms with Gasteiger partial charge in [0.05, 0.1) is 40.9 Å². The van der Waals surface area contributed by atoms with Gasteiger partial charge in [0.2, 0.25) is 0 Å². The highest BCUT2D eigenvalue weighted by Gasteiger charge is 2.47. The van der Waals surface area contributed by atoms with Crippen LogP contribution in [0.2, 0.25) is 15.1 Å². The number of phenolic OH excluding ortho intramolecular Hbond substituents is 1. The van der Waals surface area contributed by atoms with Crippen molar-refractivity contribution in [3.8, 4) is 17.2 Å². The Hall–Kier alpha value is -3.39. The topological polar surface area (TPSA) is 96.3 Å². The molecule has 1 fully saturated rings. The van der Waals surface area contributed by atoms with Crippen molar-refractivity contribution < 1.29 is 29.3 Å². The van der Waals surface area contributed by atoms with E-state index in [4.69, 9.17) is 44.3 Å². The van der Waals surface area contributed by atoms with E-state index in [2.05, 4.69) is 0 Å². The number of carbonyl (C=O) groups is 2. The molecule has 1 amide bonds. The number of benzene rings is 3. The lowest BCUT2D eigenvalue weighted by atomic mass is 9.95. The van der Waals surface area contributed by atoms with Crippen molar-refractivity contribution in [2.45, 2.75) is 6.04 Å². The molecule has 1 unspecified atom stereocenters. The third kappa shape index (κ3) is 4.38. The van der Waals surface area contributed by atoms with Crippen LogP contribution in [0.5, 0.6) is 17.2 Å². The lowest BCUT2D eigenvalue weighted by Gasteiger charge is -2.26. The summed E-state index contributed by atoms with van der Waals surface area (Å²) in [6.45, 7) is 0. The zero-order valence-corrected chi connectivity index (χ0v) is 20.6. The monoisotopic (exact) mass is 533 g/mol. The van der Waals surface area contributed by atoms with Crippen LogP contribution in [0.25, 0.3) is 5.76 Å². The summed E-state index contributed by atoms with van der Waals surface area (Å²) in [7, 11) is 2.90. The van der Waals surface area contributed by atoms with Gasteiger partial charge >= 0.3 is 0 Å². The molecule has 4 rings (SSSR count). The molecular formula is C25H18Cl3NO6. The number of hydrogen-bond acceptors (Lipinski definition) is 6. The minimum atomic E-state index is -1.07. The number of ketones is 1. The molecule has 7 nitrogen and oxygen atoms in total. The number of amides is 1. The van der Waals surface area contributed by atoms with E-state index in [-0.39, 0.29) is 37.7 Å². The highest BCUT2D eigenvalue weighted by molar-refractivity contribution is 6.52. The molecule has 0 aromatic heterocycles. The first-order valence-electron chi connectivity index (χ1n) is 10.1. The largest absolute Gasteiger partial charge is 0.507 e. The number of halogens is 3. The van der Waals surface area contributed by atoms with Gasteiger partial charge in [-0.3, -0.25) is 14.5 Å². The van der Waals surface area contributed by atoms with Gasteiger partial charge in [0, 0.05) is 11.3 Å². The summed E-state index contributed by atoms with van der Waals surface area (Å²) in [4.78, 5) is 27.7. The first-order chi connectivity index (χ1) is 16.7. The molecule has 10 heteroatoms. The minimum Gasteiger partial charge on any atom is -0.507 e. The third-order valence-electron chi connectivity index (χ3n) is 5.56. The van der Waals surface area contributed by atoms with Crippen molar-refractivity contribution in [1.82, 2.24) is 0 Å². The number of hydrogen-bond donors (Lipinski definition) is 2. The van der Waals surface area contributed by atoms with Gasteiger partial charge in [-0.25, -0.2) is 0 Å². The van der Waals surface area contributed by atoms with E-state index in [1.807, 2.05) is 0 Å². The average Bonchev–Trinajstić information content (AvgIpc) is 3.10. The molecule has 0 radical (unpaired) electrons. The summed E-state index contributed by atoms with van der Waals surface area (Å²) < 4.78 is 10.3. The number of aromatic hydroxyl groups is 1. The molecule has 1 heterocycles. The quantitative estimate of drug-likeness (QED) is 0.237. The van der Waals surface area contributed by atoms with E-state index in [1.165, 1.54) is 49.5 Å². The Morgan fingerprint density at radius 1 is 0.886 bits per heavy atom. The Morgan fingerprint density at radius 3 is 2.06 bits per heavy atom. The number of phenols is 1. The maximum Gasteiger partial charge on any atom is 0.300 e. The summed E-state index contributed by atoms with van der Waals surface area (Å²) in [5, 5.41) is 21.4. The number of anilines is 1. The lowest BCUT2D eigenvalue weighted by Crippen LogP contribution is -2.29. The predicted octanol–water partition coefficient (Wildman–Crippen LogP) is 6.00. The maximum absolute atomic E-state index is 13.2. The van der Waals surface area contributed by atoms with Crippen LogP contribution in [-0.2, 0) is 9.59 Å². The molecule has 3 aromatic carbocycles. The summed E-state index contributed by atoms with van der Waals surface area (Å²) in [6, 6.07) is 12.5. The minimum absolute atomic E-state index is 0.0124. The molecule has 35 heavy (non-hydrogen) atoms. The first-order valence-corrected chi connectivity index (χ1v) is 11.3. The Kier molecular flexibility index (Phi) is 6.85. The molecule has 0 bridgehead atoms. The van der Waals surface area contributed by atoms with E-state index >= 15 is 0 Å². The number of nitrogens with zero attached hydrogens (tertiary/aromatic N) is 1. The summed E-state index contributed by atoms with van der Waals surface area (Å²) >= 11 is 18.6. The van der Waals surface area contributed by atoms with Crippen molar-refractivity contribution >= 4 is 57.9 Å². The highest BCUT2D eigenvalue weighted by Crippen LogP contribution is 2.45. The second-order valence-electron chi connectivity index (χ2n) is 7.55. The molecule has 0 saturated carbocycles. The van der Waals surface area contributed by atoms with Gasteiger partial charge in [0.25, 0.3) is 11.7 Å². The summed E-state index contributed by atoms with van der Waals surface area (Å²) in [5.41, 5.74) is 0.676. The molecule has 1 aliphatic rings. The van der Waals surface area contributed by atoms with Crippen LogP contribution in [0.15, 0.2) is 60.2 Å². The second-order valence-corrected chi connectivity index (χ2v) is 8.77. The molecule has 0 aliphatic carbocycles. The van der Waals surface area contributed by atoms with E-state index < -0.39 is 23.5 Å². The highest BCUT2D eigenvalue weighted by atomic mass is 35.5. The van der Waals surface area contributed by atoms with Gasteiger partial charge in [-0.2, -0.15) is 0 Å². The smallest absolute Gasteiger partial charge is 0.300 e. The van der Waals surface area contributed by atoms with Gasteiger partial charge < -0.3 is 19.7 Å². The van der Waals surface area contributed by atoms with Crippen molar-refractivity contribution in [1.29, 1.82) is 0 Å². The summed E-state index contributed by atoms with van der Waals surface area (Å²) in [5.74, 6) is -1.69. The van der Waals surface area contributed by atoms with Gasteiger partial charge in [-0.05, 0) is 54.1 Å². The number of methoxy groups -OCH3 is 2. The number of aliphatic hydroxyl groups excluding tert-OH is 1. The van der Waals surface area contributed by atoms with Crippen molar-refractivity contribution in [3.63, 3.8) is 0 Å². The SMILES string of the molecule is COc1ccc(N2C(=O)C(=O)/C(=C(/O)c3cc(Cl)c(OC)c(Cl)c3)C2c2ccc(O)c(Cl)c2)cc1. The fourth-order valence-electron chi connectivity index (χ4n) is 3.90. The Balaban J connectivity index is 1.96. The van der Waals surface area contributed by atoms with Crippen LogP contribution in [0.1, 0.15) is 17.2 Å². The Bertz CT molecular complexity index is 1350. The zero-order valence-electron chi connectivity index (χ0n) is 18.4. The normalized spacial score (nSPS) is 17.1. The van der Waals surface area contributed by atoms with Crippen LogP contribution in [0, 0.1) is 0 Å². The molecular weight excluding hydrogens is 517 g/mol. The molecule has 0 spiro atoms. The standard InChI is InChI=1S/C25H18Cl3NO6/c1-34-15-6-4-14(5-7-15)29-21(12-3-8-19(30)16(26)9-12)20(23(32)25(29)33)22(31)13-10-17(27)24(35-2)18(28)11-13/h3-11,21,30-31H,1-2H3/b22-20+. The molecule has 1 atom stereocenters. The van der Waals surface area contributed by atoms with E-state index in [9.17, 15) is 19.8 Å².